The molecule has 0 fully saturated rings. The highest BCUT2D eigenvalue weighted by atomic mass is 32.1. The number of fused-ring (bicyclic) bond motifs is 5. The maximum atomic E-state index is 5.06. The minimum Gasteiger partial charge on any atom is -0.308 e. The third-order valence-electron chi connectivity index (χ3n) is 9.62. The van der Waals surface area contributed by atoms with Crippen LogP contribution in [0.15, 0.2) is 182 Å². The zero-order valence-electron chi connectivity index (χ0n) is 28.0. The predicted molar refractivity (Wildman–Crippen MR) is 217 cm³/mol. The molecule has 0 amide bonds. The molecule has 10 aromatic rings. The van der Waals surface area contributed by atoms with Crippen LogP contribution in [0, 0.1) is 0 Å². The number of para-hydroxylation sites is 1. The second kappa shape index (κ2) is 12.6. The molecule has 0 bridgehead atoms. The van der Waals surface area contributed by atoms with Crippen LogP contribution in [0.4, 0.5) is 0 Å². The molecule has 3 aromatic heterocycles. The molecule has 0 saturated heterocycles. The fraction of sp³-hybridized carbons (Fsp3) is 0. The number of rotatable bonds is 6. The molecule has 0 spiro atoms. The SMILES string of the molecule is c1ccc(-c2cc(-c3ccccc3)cc(-n3c4ccccc4c4sc5ccc(-c6nc(-c7ccccc7)nc(-c7ccccc7)n6)cc5c43)c2)cc1. The molecule has 5 heteroatoms. The Bertz CT molecular complexity index is 2760. The molecule has 0 radical (unpaired) electrons. The summed E-state index contributed by atoms with van der Waals surface area (Å²) in [4.78, 5) is 15.0. The van der Waals surface area contributed by atoms with E-state index in [1.165, 1.54) is 53.5 Å². The van der Waals surface area contributed by atoms with E-state index in [2.05, 4.69) is 126 Å². The van der Waals surface area contributed by atoms with Gasteiger partial charge in [-0.2, -0.15) is 0 Å². The van der Waals surface area contributed by atoms with E-state index in [0.717, 1.165) is 22.4 Å². The Hall–Kier alpha value is -6.69. The summed E-state index contributed by atoms with van der Waals surface area (Å²) < 4.78 is 4.93. The summed E-state index contributed by atoms with van der Waals surface area (Å²) in [6, 6.07) is 63.9. The van der Waals surface area contributed by atoms with Crippen LogP contribution in [0.3, 0.4) is 0 Å². The molecule has 0 aliphatic rings. The first-order valence-electron chi connectivity index (χ1n) is 17.4. The molecule has 0 atom stereocenters. The molecular formula is C47H30N4S. The van der Waals surface area contributed by atoms with E-state index in [1.54, 1.807) is 0 Å². The van der Waals surface area contributed by atoms with Gasteiger partial charge in [-0.3, -0.25) is 0 Å². The number of nitrogens with zero attached hydrogens (tertiary/aromatic N) is 4. The molecule has 7 aromatic carbocycles. The summed E-state index contributed by atoms with van der Waals surface area (Å²) in [6.07, 6.45) is 0. The molecule has 0 saturated carbocycles. The lowest BCUT2D eigenvalue weighted by Gasteiger charge is -2.14. The maximum Gasteiger partial charge on any atom is 0.164 e. The molecule has 0 unspecified atom stereocenters. The van der Waals surface area contributed by atoms with Crippen molar-refractivity contribution in [2.24, 2.45) is 0 Å². The average Bonchev–Trinajstić information content (AvgIpc) is 3.76. The Morgan fingerprint density at radius 3 is 1.40 bits per heavy atom. The van der Waals surface area contributed by atoms with E-state index in [-0.39, 0.29) is 0 Å². The molecule has 3 heterocycles. The lowest BCUT2D eigenvalue weighted by Crippen LogP contribution is -2.00. The summed E-state index contributed by atoms with van der Waals surface area (Å²) >= 11 is 1.84. The van der Waals surface area contributed by atoms with Crippen molar-refractivity contribution in [1.82, 2.24) is 19.5 Å². The molecule has 10 rings (SSSR count). The molecule has 52 heavy (non-hydrogen) atoms. The number of aromatic nitrogens is 4. The fourth-order valence-corrected chi connectivity index (χ4v) is 8.35. The van der Waals surface area contributed by atoms with Crippen molar-refractivity contribution in [3.8, 4) is 62.1 Å². The van der Waals surface area contributed by atoms with E-state index in [0.29, 0.717) is 17.5 Å². The zero-order chi connectivity index (χ0) is 34.4. The smallest absolute Gasteiger partial charge is 0.164 e. The monoisotopic (exact) mass is 682 g/mol. The number of thiophene rings is 1. The van der Waals surface area contributed by atoms with Gasteiger partial charge >= 0.3 is 0 Å². The van der Waals surface area contributed by atoms with Gasteiger partial charge in [0.25, 0.3) is 0 Å². The molecule has 244 valence electrons. The van der Waals surface area contributed by atoms with Crippen molar-refractivity contribution in [2.75, 3.05) is 0 Å². The van der Waals surface area contributed by atoms with Crippen LogP contribution in [-0.4, -0.2) is 19.5 Å². The van der Waals surface area contributed by atoms with Crippen molar-refractivity contribution in [3.63, 3.8) is 0 Å². The number of benzene rings is 7. The minimum atomic E-state index is 0.647. The Kier molecular flexibility index (Phi) is 7.29. The quantitative estimate of drug-likeness (QED) is 0.175. The van der Waals surface area contributed by atoms with Crippen LogP contribution in [-0.2, 0) is 0 Å². The van der Waals surface area contributed by atoms with Gasteiger partial charge in [-0.15, -0.1) is 11.3 Å². The summed E-state index contributed by atoms with van der Waals surface area (Å²) in [6.45, 7) is 0. The third-order valence-corrected chi connectivity index (χ3v) is 10.8. The third kappa shape index (κ3) is 5.27. The van der Waals surface area contributed by atoms with Gasteiger partial charge in [-0.1, -0.05) is 140 Å². The van der Waals surface area contributed by atoms with Gasteiger partial charge in [0, 0.05) is 37.9 Å². The van der Waals surface area contributed by atoms with Crippen molar-refractivity contribution in [1.29, 1.82) is 0 Å². The van der Waals surface area contributed by atoms with E-state index < -0.39 is 0 Å². The molecule has 0 aliphatic heterocycles. The Labute approximate surface area is 305 Å². The van der Waals surface area contributed by atoms with Crippen LogP contribution in [0.1, 0.15) is 0 Å². The van der Waals surface area contributed by atoms with Crippen molar-refractivity contribution >= 4 is 42.5 Å². The van der Waals surface area contributed by atoms with Gasteiger partial charge in [0.1, 0.15) is 0 Å². The van der Waals surface area contributed by atoms with E-state index >= 15 is 0 Å². The van der Waals surface area contributed by atoms with E-state index in [4.69, 9.17) is 15.0 Å². The summed E-state index contributed by atoms with van der Waals surface area (Å²) in [5.74, 6) is 1.95. The Morgan fingerprint density at radius 2 is 0.846 bits per heavy atom. The van der Waals surface area contributed by atoms with E-state index in [9.17, 15) is 0 Å². The molecule has 0 N–H and O–H groups in total. The first-order valence-corrected chi connectivity index (χ1v) is 18.2. The van der Waals surface area contributed by atoms with Gasteiger partial charge < -0.3 is 4.57 Å². The zero-order valence-corrected chi connectivity index (χ0v) is 28.8. The highest BCUT2D eigenvalue weighted by Gasteiger charge is 2.20. The standard InChI is InChI=1S/C47H30N4S/c1-5-15-31(16-6-1)36-27-37(32-17-7-2-8-18-32)29-38(28-36)51-41-24-14-13-23-39(41)44-43(51)40-30-35(25-26-42(40)52-44)47-49-45(33-19-9-3-10-20-33)48-46(50-47)34-21-11-4-12-22-34/h1-30H. The number of hydrogen-bond acceptors (Lipinski definition) is 4. The molecular weight excluding hydrogens is 653 g/mol. The van der Waals surface area contributed by atoms with Crippen LogP contribution in [0.5, 0.6) is 0 Å². The Balaban J connectivity index is 1.23. The van der Waals surface area contributed by atoms with Crippen molar-refractivity contribution in [3.05, 3.63) is 182 Å². The van der Waals surface area contributed by atoms with Crippen LogP contribution in [0.25, 0.3) is 93.3 Å². The Morgan fingerprint density at radius 1 is 0.365 bits per heavy atom. The second-order valence-electron chi connectivity index (χ2n) is 12.9. The van der Waals surface area contributed by atoms with Gasteiger partial charge in [0.2, 0.25) is 0 Å². The average molecular weight is 683 g/mol. The highest BCUT2D eigenvalue weighted by molar-refractivity contribution is 7.26. The molecule has 0 aliphatic carbocycles. The van der Waals surface area contributed by atoms with Crippen LogP contribution < -0.4 is 0 Å². The summed E-state index contributed by atoms with van der Waals surface area (Å²) in [5, 5.41) is 2.41. The predicted octanol–water partition coefficient (Wildman–Crippen LogP) is 12.5. The highest BCUT2D eigenvalue weighted by Crippen LogP contribution is 2.44. The topological polar surface area (TPSA) is 43.6 Å². The largest absolute Gasteiger partial charge is 0.308 e. The fourth-order valence-electron chi connectivity index (χ4n) is 7.15. The van der Waals surface area contributed by atoms with Gasteiger partial charge in [0.05, 0.1) is 15.7 Å². The lowest BCUT2D eigenvalue weighted by molar-refractivity contribution is 1.07. The summed E-state index contributed by atoms with van der Waals surface area (Å²) in [5.41, 5.74) is 11.1. The normalized spacial score (nSPS) is 11.5. The van der Waals surface area contributed by atoms with Crippen molar-refractivity contribution < 1.29 is 0 Å². The van der Waals surface area contributed by atoms with Crippen molar-refractivity contribution in [2.45, 2.75) is 0 Å². The van der Waals surface area contributed by atoms with Crippen LogP contribution in [0.2, 0.25) is 0 Å². The first-order chi connectivity index (χ1) is 25.8. The second-order valence-corrected chi connectivity index (χ2v) is 13.9. The summed E-state index contributed by atoms with van der Waals surface area (Å²) in [7, 11) is 0. The van der Waals surface area contributed by atoms with E-state index in [1.807, 2.05) is 72.0 Å². The van der Waals surface area contributed by atoms with Crippen LogP contribution >= 0.6 is 11.3 Å². The van der Waals surface area contributed by atoms with Gasteiger partial charge in [0.15, 0.2) is 17.5 Å². The number of hydrogen-bond donors (Lipinski definition) is 0. The lowest BCUT2D eigenvalue weighted by atomic mass is 9.98. The molecule has 4 nitrogen and oxygen atoms in total. The van der Waals surface area contributed by atoms with Gasteiger partial charge in [-0.25, -0.2) is 15.0 Å². The first kappa shape index (κ1) is 30.2. The maximum absolute atomic E-state index is 5.06. The minimum absolute atomic E-state index is 0.647. The van der Waals surface area contributed by atoms with Gasteiger partial charge in [-0.05, 0) is 64.7 Å².